The Morgan fingerprint density at radius 1 is 1.36 bits per heavy atom. The van der Waals surface area contributed by atoms with E-state index in [0.717, 1.165) is 37.2 Å². The van der Waals surface area contributed by atoms with Crippen molar-refractivity contribution in [3.63, 3.8) is 0 Å². The molecule has 1 aromatic rings. The highest BCUT2D eigenvalue weighted by atomic mass is 32.2. The van der Waals surface area contributed by atoms with E-state index in [-0.39, 0.29) is 17.1 Å². The number of aryl methyl sites for hydroxylation is 1. The number of carbonyl (C=O) groups is 2. The minimum absolute atomic E-state index is 0.00397. The van der Waals surface area contributed by atoms with Gasteiger partial charge in [-0.1, -0.05) is 17.7 Å². The number of piperidine rings is 1. The van der Waals surface area contributed by atoms with E-state index in [1.807, 2.05) is 29.2 Å². The molecule has 2 rings (SSSR count). The lowest BCUT2D eigenvalue weighted by Gasteiger charge is -2.32. The molecular formula is C17H24N2O2S. The number of thioether (sulfide) groups is 1. The third-order valence-electron chi connectivity index (χ3n) is 3.75. The molecule has 22 heavy (non-hydrogen) atoms. The smallest absolute Gasteiger partial charge is 0.240 e. The number of benzene rings is 1. The normalized spacial score (nSPS) is 18.4. The van der Waals surface area contributed by atoms with Crippen molar-refractivity contribution in [3.05, 3.63) is 29.8 Å². The fourth-order valence-corrected chi connectivity index (χ4v) is 3.74. The Morgan fingerprint density at radius 3 is 2.77 bits per heavy atom. The van der Waals surface area contributed by atoms with E-state index in [4.69, 9.17) is 0 Å². The quantitative estimate of drug-likeness (QED) is 0.820. The summed E-state index contributed by atoms with van der Waals surface area (Å²) in [6, 6.07) is 8.15. The molecule has 0 aliphatic carbocycles. The van der Waals surface area contributed by atoms with Crippen LogP contribution in [0.2, 0.25) is 0 Å². The Morgan fingerprint density at radius 2 is 2.09 bits per heavy atom. The first kappa shape index (κ1) is 16.9. The van der Waals surface area contributed by atoms with Gasteiger partial charge in [-0.05, 0) is 44.1 Å². The third kappa shape index (κ3) is 4.77. The third-order valence-corrected chi connectivity index (χ3v) is 5.11. The topological polar surface area (TPSA) is 49.4 Å². The first-order valence-corrected chi connectivity index (χ1v) is 8.87. The highest BCUT2D eigenvalue weighted by Crippen LogP contribution is 2.28. The summed E-state index contributed by atoms with van der Waals surface area (Å²) in [7, 11) is 0. The first-order chi connectivity index (χ1) is 10.6. The second-order valence-electron chi connectivity index (χ2n) is 5.66. The van der Waals surface area contributed by atoms with Gasteiger partial charge in [0.25, 0.3) is 0 Å². The van der Waals surface area contributed by atoms with Crippen LogP contribution in [-0.2, 0) is 9.59 Å². The molecule has 2 amide bonds. The van der Waals surface area contributed by atoms with Gasteiger partial charge in [0, 0.05) is 25.7 Å². The number of rotatable bonds is 6. The fraction of sp³-hybridized carbons (Fsp3) is 0.529. The van der Waals surface area contributed by atoms with Crippen LogP contribution in [0.25, 0.3) is 0 Å². The molecule has 0 saturated carbocycles. The molecule has 1 aliphatic rings. The summed E-state index contributed by atoms with van der Waals surface area (Å²) >= 11 is 1.72. The van der Waals surface area contributed by atoms with Crippen LogP contribution in [0.1, 0.15) is 31.7 Å². The average molecular weight is 320 g/mol. The monoisotopic (exact) mass is 320 g/mol. The van der Waals surface area contributed by atoms with Crippen LogP contribution < -0.4 is 10.2 Å². The molecule has 4 nitrogen and oxygen atoms in total. The van der Waals surface area contributed by atoms with E-state index < -0.39 is 0 Å². The first-order valence-electron chi connectivity index (χ1n) is 7.82. The van der Waals surface area contributed by atoms with Gasteiger partial charge in [-0.2, -0.15) is 0 Å². The molecule has 1 N–H and O–H groups in total. The Kier molecular flexibility index (Phi) is 6.31. The number of nitrogens with one attached hydrogen (secondary N) is 1. The standard InChI is InChI=1S/C17H24N2O2S/c1-13-6-8-15(9-7-13)19-11-3-5-16(17(19)21)22-12-4-10-18-14(2)20/h6-9,16H,3-5,10-12H2,1-2H3,(H,18,20)/t16-/m0/s1. The van der Waals surface area contributed by atoms with Crippen molar-refractivity contribution in [1.82, 2.24) is 5.32 Å². The lowest BCUT2D eigenvalue weighted by molar-refractivity contribution is -0.119. The van der Waals surface area contributed by atoms with E-state index in [9.17, 15) is 9.59 Å². The Hall–Kier alpha value is -1.49. The van der Waals surface area contributed by atoms with E-state index >= 15 is 0 Å². The van der Waals surface area contributed by atoms with Crippen molar-refractivity contribution in [2.75, 3.05) is 23.7 Å². The predicted molar refractivity (Wildman–Crippen MR) is 92.3 cm³/mol. The van der Waals surface area contributed by atoms with Gasteiger partial charge in [0.1, 0.15) is 0 Å². The van der Waals surface area contributed by atoms with Crippen LogP contribution in [0.3, 0.4) is 0 Å². The van der Waals surface area contributed by atoms with Gasteiger partial charge < -0.3 is 10.2 Å². The maximum absolute atomic E-state index is 12.6. The molecule has 0 spiro atoms. The van der Waals surface area contributed by atoms with Crippen molar-refractivity contribution in [1.29, 1.82) is 0 Å². The number of anilines is 1. The number of hydrogen-bond acceptors (Lipinski definition) is 3. The van der Waals surface area contributed by atoms with Gasteiger partial charge in [-0.15, -0.1) is 11.8 Å². The minimum Gasteiger partial charge on any atom is -0.356 e. The van der Waals surface area contributed by atoms with Crippen molar-refractivity contribution < 1.29 is 9.59 Å². The number of hydrogen-bond donors (Lipinski definition) is 1. The largest absolute Gasteiger partial charge is 0.356 e. The summed E-state index contributed by atoms with van der Waals surface area (Å²) < 4.78 is 0. The van der Waals surface area contributed by atoms with Crippen LogP contribution in [0, 0.1) is 6.92 Å². The second-order valence-corrected chi connectivity index (χ2v) is 6.97. The number of amides is 2. The lowest BCUT2D eigenvalue weighted by Crippen LogP contribution is -2.43. The van der Waals surface area contributed by atoms with Crippen molar-refractivity contribution >= 4 is 29.3 Å². The van der Waals surface area contributed by atoms with Gasteiger partial charge in [0.05, 0.1) is 5.25 Å². The Balaban J connectivity index is 1.84. The van der Waals surface area contributed by atoms with E-state index in [0.29, 0.717) is 6.54 Å². The van der Waals surface area contributed by atoms with Crippen molar-refractivity contribution in [3.8, 4) is 0 Å². The average Bonchev–Trinajstić information content (AvgIpc) is 2.49. The molecule has 1 saturated heterocycles. The molecule has 1 atom stereocenters. The molecule has 1 fully saturated rings. The van der Waals surface area contributed by atoms with Crippen molar-refractivity contribution in [2.45, 2.75) is 38.4 Å². The zero-order chi connectivity index (χ0) is 15.9. The van der Waals surface area contributed by atoms with Crippen LogP contribution in [-0.4, -0.2) is 35.9 Å². The second kappa shape index (κ2) is 8.22. The van der Waals surface area contributed by atoms with Crippen LogP contribution in [0.15, 0.2) is 24.3 Å². The van der Waals surface area contributed by atoms with Gasteiger partial charge in [-0.25, -0.2) is 0 Å². The van der Waals surface area contributed by atoms with Crippen LogP contribution in [0.5, 0.6) is 0 Å². The maximum Gasteiger partial charge on any atom is 0.240 e. The SMILES string of the molecule is CC(=O)NCCCS[C@H]1CCCN(c2ccc(C)cc2)C1=O. The lowest BCUT2D eigenvalue weighted by atomic mass is 10.1. The minimum atomic E-state index is 0.00397. The maximum atomic E-state index is 12.6. The van der Waals surface area contributed by atoms with Crippen LogP contribution >= 0.6 is 11.8 Å². The van der Waals surface area contributed by atoms with E-state index in [2.05, 4.69) is 12.2 Å². The molecule has 5 heteroatoms. The number of carbonyl (C=O) groups excluding carboxylic acids is 2. The summed E-state index contributed by atoms with van der Waals surface area (Å²) in [6.45, 7) is 5.07. The van der Waals surface area contributed by atoms with Crippen LogP contribution in [0.4, 0.5) is 5.69 Å². The molecule has 0 unspecified atom stereocenters. The molecule has 0 radical (unpaired) electrons. The van der Waals surface area contributed by atoms with Gasteiger partial charge in [-0.3, -0.25) is 9.59 Å². The molecule has 1 aliphatic heterocycles. The van der Waals surface area contributed by atoms with Gasteiger partial charge >= 0.3 is 0 Å². The molecule has 1 heterocycles. The molecule has 1 aromatic carbocycles. The number of nitrogens with zero attached hydrogens (tertiary/aromatic N) is 1. The molecule has 120 valence electrons. The summed E-state index contributed by atoms with van der Waals surface area (Å²) in [4.78, 5) is 25.3. The molecular weight excluding hydrogens is 296 g/mol. The van der Waals surface area contributed by atoms with Gasteiger partial charge in [0.2, 0.25) is 11.8 Å². The van der Waals surface area contributed by atoms with Gasteiger partial charge in [0.15, 0.2) is 0 Å². The summed E-state index contributed by atoms with van der Waals surface area (Å²) in [6.07, 6.45) is 2.90. The Bertz CT molecular complexity index is 516. The zero-order valence-electron chi connectivity index (χ0n) is 13.3. The van der Waals surface area contributed by atoms with E-state index in [1.165, 1.54) is 12.5 Å². The van der Waals surface area contributed by atoms with E-state index in [1.54, 1.807) is 11.8 Å². The summed E-state index contributed by atoms with van der Waals surface area (Å²) in [5.41, 5.74) is 2.20. The summed E-state index contributed by atoms with van der Waals surface area (Å²) in [5, 5.41) is 2.84. The highest BCUT2D eigenvalue weighted by molar-refractivity contribution is 8.00. The predicted octanol–water partition coefficient (Wildman–Crippen LogP) is 2.75. The van der Waals surface area contributed by atoms with Crippen molar-refractivity contribution in [2.24, 2.45) is 0 Å². The summed E-state index contributed by atoms with van der Waals surface area (Å²) in [5.74, 6) is 1.13. The molecule has 0 bridgehead atoms. The fourth-order valence-electron chi connectivity index (χ4n) is 2.54. The molecule has 0 aromatic heterocycles. The zero-order valence-corrected chi connectivity index (χ0v) is 14.1. The highest BCUT2D eigenvalue weighted by Gasteiger charge is 2.29. The Labute approximate surface area is 136 Å².